The van der Waals surface area contributed by atoms with Crippen molar-refractivity contribution in [3.63, 3.8) is 0 Å². The van der Waals surface area contributed by atoms with Crippen LogP contribution in [0.3, 0.4) is 0 Å². The fraction of sp³-hybridized carbons (Fsp3) is 0.588. The highest BCUT2D eigenvalue weighted by molar-refractivity contribution is 5.97. The van der Waals surface area contributed by atoms with Gasteiger partial charge in [0.2, 0.25) is 5.91 Å². The zero-order valence-corrected chi connectivity index (χ0v) is 12.4. The SMILES string of the molecule is CCc1ccc(N(C)C(=O)C2NCC3CCCC32)cc1. The van der Waals surface area contributed by atoms with Gasteiger partial charge in [0.15, 0.2) is 0 Å². The molecule has 108 valence electrons. The van der Waals surface area contributed by atoms with Crippen molar-refractivity contribution in [1.29, 1.82) is 0 Å². The third-order valence-electron chi connectivity index (χ3n) is 5.07. The van der Waals surface area contributed by atoms with E-state index in [9.17, 15) is 4.79 Å². The number of benzene rings is 1. The second kappa shape index (κ2) is 5.57. The minimum Gasteiger partial charge on any atom is -0.314 e. The molecule has 3 nitrogen and oxygen atoms in total. The summed E-state index contributed by atoms with van der Waals surface area (Å²) in [5.74, 6) is 1.50. The highest BCUT2D eigenvalue weighted by Gasteiger charge is 2.43. The Morgan fingerprint density at radius 2 is 2.05 bits per heavy atom. The molecule has 2 fully saturated rings. The average Bonchev–Trinajstić information content (AvgIpc) is 3.08. The van der Waals surface area contributed by atoms with Gasteiger partial charge in [0, 0.05) is 12.7 Å². The molecule has 0 spiro atoms. The fourth-order valence-corrected chi connectivity index (χ4v) is 3.75. The largest absolute Gasteiger partial charge is 0.314 e. The number of nitrogens with one attached hydrogen (secondary N) is 1. The molecule has 0 aromatic heterocycles. The standard InChI is InChI=1S/C17H24N2O/c1-3-12-7-9-14(10-8-12)19(2)17(20)16-15-6-4-5-13(15)11-18-16/h7-10,13,15-16,18H,3-6,11H2,1-2H3. The van der Waals surface area contributed by atoms with Gasteiger partial charge in [-0.3, -0.25) is 4.79 Å². The average molecular weight is 272 g/mol. The van der Waals surface area contributed by atoms with Crippen LogP contribution in [0.15, 0.2) is 24.3 Å². The van der Waals surface area contributed by atoms with E-state index >= 15 is 0 Å². The van der Waals surface area contributed by atoms with E-state index in [1.54, 1.807) is 0 Å². The zero-order valence-electron chi connectivity index (χ0n) is 12.4. The summed E-state index contributed by atoms with van der Waals surface area (Å²) in [4.78, 5) is 14.5. The fourth-order valence-electron chi connectivity index (χ4n) is 3.75. The van der Waals surface area contributed by atoms with Gasteiger partial charge in [0.25, 0.3) is 0 Å². The van der Waals surface area contributed by atoms with Crippen LogP contribution in [0.1, 0.15) is 31.7 Å². The van der Waals surface area contributed by atoms with Crippen LogP contribution in [0, 0.1) is 11.8 Å². The number of anilines is 1. The molecule has 1 N–H and O–H groups in total. The molecular weight excluding hydrogens is 248 g/mol. The smallest absolute Gasteiger partial charge is 0.244 e. The van der Waals surface area contributed by atoms with Crippen LogP contribution < -0.4 is 10.2 Å². The number of amides is 1. The van der Waals surface area contributed by atoms with Crippen LogP contribution in [0.4, 0.5) is 5.69 Å². The van der Waals surface area contributed by atoms with Crippen molar-refractivity contribution in [1.82, 2.24) is 5.32 Å². The highest BCUT2D eigenvalue weighted by Crippen LogP contribution is 2.38. The summed E-state index contributed by atoms with van der Waals surface area (Å²) >= 11 is 0. The number of rotatable bonds is 3. The maximum Gasteiger partial charge on any atom is 0.244 e. The first-order chi connectivity index (χ1) is 9.70. The van der Waals surface area contributed by atoms with Crippen molar-refractivity contribution < 1.29 is 4.79 Å². The first-order valence-electron chi connectivity index (χ1n) is 7.80. The monoisotopic (exact) mass is 272 g/mol. The first kappa shape index (κ1) is 13.6. The van der Waals surface area contributed by atoms with Gasteiger partial charge in [0.1, 0.15) is 0 Å². The minimum atomic E-state index is 0.0263. The van der Waals surface area contributed by atoms with Crippen molar-refractivity contribution in [2.45, 2.75) is 38.6 Å². The molecule has 1 aliphatic carbocycles. The third-order valence-corrected chi connectivity index (χ3v) is 5.07. The molecule has 3 heteroatoms. The second-order valence-electron chi connectivity index (χ2n) is 6.16. The Morgan fingerprint density at radius 3 is 2.75 bits per heavy atom. The molecule has 20 heavy (non-hydrogen) atoms. The first-order valence-corrected chi connectivity index (χ1v) is 7.80. The number of hydrogen-bond donors (Lipinski definition) is 1. The lowest BCUT2D eigenvalue weighted by Crippen LogP contribution is -2.44. The van der Waals surface area contributed by atoms with Gasteiger partial charge in [-0.1, -0.05) is 25.5 Å². The lowest BCUT2D eigenvalue weighted by Gasteiger charge is -2.25. The summed E-state index contributed by atoms with van der Waals surface area (Å²) in [5, 5.41) is 3.44. The number of fused-ring (bicyclic) bond motifs is 1. The molecule has 1 saturated heterocycles. The predicted molar refractivity (Wildman–Crippen MR) is 81.9 cm³/mol. The molecule has 3 rings (SSSR count). The normalized spacial score (nSPS) is 28.4. The summed E-state index contributed by atoms with van der Waals surface area (Å²) in [7, 11) is 1.90. The van der Waals surface area contributed by atoms with Gasteiger partial charge >= 0.3 is 0 Å². The molecule has 1 aliphatic heterocycles. The number of nitrogens with zero attached hydrogens (tertiary/aromatic N) is 1. The molecule has 1 heterocycles. The van der Waals surface area contributed by atoms with Gasteiger partial charge in [-0.25, -0.2) is 0 Å². The van der Waals surface area contributed by atoms with Crippen molar-refractivity contribution in [2.75, 3.05) is 18.5 Å². The van der Waals surface area contributed by atoms with E-state index in [0.29, 0.717) is 5.92 Å². The molecule has 1 aromatic carbocycles. The van der Waals surface area contributed by atoms with Crippen molar-refractivity contribution in [3.8, 4) is 0 Å². The maximum atomic E-state index is 12.7. The number of carbonyl (C=O) groups excluding carboxylic acids is 1. The topological polar surface area (TPSA) is 32.3 Å². The van der Waals surface area contributed by atoms with Crippen LogP contribution in [0.25, 0.3) is 0 Å². The maximum absolute atomic E-state index is 12.7. The van der Waals surface area contributed by atoms with E-state index in [0.717, 1.165) is 24.6 Å². The van der Waals surface area contributed by atoms with E-state index in [1.807, 2.05) is 11.9 Å². The number of hydrogen-bond acceptors (Lipinski definition) is 2. The molecule has 1 saturated carbocycles. The molecule has 1 aromatic rings. The molecule has 2 aliphatic rings. The van der Waals surface area contributed by atoms with Crippen LogP contribution in [-0.2, 0) is 11.2 Å². The van der Waals surface area contributed by atoms with Crippen molar-refractivity contribution >= 4 is 11.6 Å². The summed E-state index contributed by atoms with van der Waals surface area (Å²) in [5.41, 5.74) is 2.31. The van der Waals surface area contributed by atoms with Gasteiger partial charge < -0.3 is 10.2 Å². The third kappa shape index (κ3) is 2.35. The minimum absolute atomic E-state index is 0.0263. The molecular formula is C17H24N2O. The van der Waals surface area contributed by atoms with Crippen LogP contribution >= 0.6 is 0 Å². The zero-order chi connectivity index (χ0) is 14.1. The molecule has 1 amide bonds. The quantitative estimate of drug-likeness (QED) is 0.917. The number of aryl methyl sites for hydroxylation is 1. The van der Waals surface area contributed by atoms with E-state index in [1.165, 1.54) is 24.8 Å². The molecule has 3 atom stereocenters. The lowest BCUT2D eigenvalue weighted by molar-refractivity contribution is -0.120. The highest BCUT2D eigenvalue weighted by atomic mass is 16.2. The van der Waals surface area contributed by atoms with Crippen LogP contribution in [0.2, 0.25) is 0 Å². The van der Waals surface area contributed by atoms with Gasteiger partial charge in [-0.15, -0.1) is 0 Å². The molecule has 0 radical (unpaired) electrons. The van der Waals surface area contributed by atoms with Crippen molar-refractivity contribution in [2.24, 2.45) is 11.8 Å². The van der Waals surface area contributed by atoms with Crippen LogP contribution in [0.5, 0.6) is 0 Å². The van der Waals surface area contributed by atoms with Crippen LogP contribution in [-0.4, -0.2) is 25.5 Å². The summed E-state index contributed by atoms with van der Waals surface area (Å²) in [6.45, 7) is 3.16. The van der Waals surface area contributed by atoms with Gasteiger partial charge in [-0.05, 0) is 55.3 Å². The Balaban J connectivity index is 1.72. The number of carbonyl (C=O) groups is 1. The number of likely N-dealkylation sites (N-methyl/N-ethyl adjacent to an activating group) is 1. The Morgan fingerprint density at radius 1 is 1.30 bits per heavy atom. The van der Waals surface area contributed by atoms with Crippen molar-refractivity contribution in [3.05, 3.63) is 29.8 Å². The second-order valence-corrected chi connectivity index (χ2v) is 6.16. The Bertz CT molecular complexity index is 482. The Labute approximate surface area is 121 Å². The van der Waals surface area contributed by atoms with Gasteiger partial charge in [0.05, 0.1) is 6.04 Å². The molecule has 3 unspecified atom stereocenters. The lowest BCUT2D eigenvalue weighted by atomic mass is 9.93. The summed E-state index contributed by atoms with van der Waals surface area (Å²) < 4.78 is 0. The predicted octanol–water partition coefficient (Wildman–Crippen LogP) is 2.60. The molecule has 0 bridgehead atoms. The van der Waals surface area contributed by atoms with E-state index in [4.69, 9.17) is 0 Å². The summed E-state index contributed by atoms with van der Waals surface area (Å²) in [6, 6.07) is 8.35. The van der Waals surface area contributed by atoms with E-state index < -0.39 is 0 Å². The Kier molecular flexibility index (Phi) is 3.79. The van der Waals surface area contributed by atoms with E-state index in [-0.39, 0.29) is 11.9 Å². The summed E-state index contributed by atoms with van der Waals surface area (Å²) in [6.07, 6.45) is 4.81. The van der Waals surface area contributed by atoms with Gasteiger partial charge in [-0.2, -0.15) is 0 Å². The Hall–Kier alpha value is -1.35. The van der Waals surface area contributed by atoms with E-state index in [2.05, 4.69) is 36.5 Å².